The lowest BCUT2D eigenvalue weighted by molar-refractivity contribution is -0.140. The van der Waals surface area contributed by atoms with E-state index in [2.05, 4.69) is 11.9 Å². The van der Waals surface area contributed by atoms with Crippen LogP contribution in [-0.4, -0.2) is 50.0 Å². The van der Waals surface area contributed by atoms with Crippen molar-refractivity contribution in [1.82, 2.24) is 5.32 Å². The number of carbonyl (C=O) groups is 2. The average molecular weight is 323 g/mol. The summed E-state index contributed by atoms with van der Waals surface area (Å²) in [6, 6.07) is 3.47. The summed E-state index contributed by atoms with van der Waals surface area (Å²) in [5, 5.41) is 11.5. The van der Waals surface area contributed by atoms with Gasteiger partial charge in [-0.25, -0.2) is 4.79 Å². The molecule has 0 heterocycles. The molecule has 0 saturated carbocycles. The third-order valence-electron chi connectivity index (χ3n) is 2.85. The first-order valence-electron chi connectivity index (χ1n) is 7.06. The van der Waals surface area contributed by atoms with Gasteiger partial charge in [0.15, 0.2) is 17.5 Å². The maximum Gasteiger partial charge on any atom is 0.328 e. The number of carbonyl (C=O) groups excluding carboxylic acids is 1. The molecule has 2 N–H and O–H groups in total. The first kappa shape index (κ1) is 18.5. The number of carboxylic acids is 1. The predicted molar refractivity (Wildman–Crippen MR) is 84.1 cm³/mol. The minimum absolute atomic E-state index is 0.152. The number of nitrogens with one attached hydrogen (secondary N) is 1. The van der Waals surface area contributed by atoms with Crippen LogP contribution in [0, 0.1) is 0 Å². The maximum absolute atomic E-state index is 12.2. The zero-order valence-corrected chi connectivity index (χ0v) is 13.2. The standard InChI is InChI=1S/C16H21NO6/c1-4-8-22-10-12(16(19)20)17-15(18)11-6-7-13(23-5-2)14(9-11)21-3/h4,6-7,9,12H,1,5,8,10H2,2-3H3,(H,17,18)(H,19,20). The average Bonchev–Trinajstić information content (AvgIpc) is 2.54. The Kier molecular flexibility index (Phi) is 7.62. The highest BCUT2D eigenvalue weighted by molar-refractivity contribution is 5.97. The van der Waals surface area contributed by atoms with Crippen LogP contribution in [0.15, 0.2) is 30.9 Å². The largest absolute Gasteiger partial charge is 0.493 e. The van der Waals surface area contributed by atoms with E-state index in [1.807, 2.05) is 6.92 Å². The molecule has 7 nitrogen and oxygen atoms in total. The molecule has 1 aromatic carbocycles. The van der Waals surface area contributed by atoms with Gasteiger partial charge in [0, 0.05) is 5.56 Å². The summed E-state index contributed by atoms with van der Waals surface area (Å²) in [6.45, 7) is 5.82. The lowest BCUT2D eigenvalue weighted by atomic mass is 10.1. The SMILES string of the molecule is C=CCOCC(NC(=O)c1ccc(OCC)c(OC)c1)C(=O)O. The Morgan fingerprint density at radius 2 is 2.13 bits per heavy atom. The molecule has 0 saturated heterocycles. The van der Waals surface area contributed by atoms with Crippen molar-refractivity contribution in [3.05, 3.63) is 36.4 Å². The fourth-order valence-corrected chi connectivity index (χ4v) is 1.77. The summed E-state index contributed by atoms with van der Waals surface area (Å²) < 4.78 is 15.6. The number of rotatable bonds is 10. The predicted octanol–water partition coefficient (Wildman–Crippen LogP) is 1.48. The molecule has 0 spiro atoms. The Balaban J connectivity index is 2.82. The highest BCUT2D eigenvalue weighted by atomic mass is 16.5. The molecule has 1 atom stereocenters. The molecular weight excluding hydrogens is 302 g/mol. The number of ether oxygens (including phenoxy) is 3. The van der Waals surface area contributed by atoms with Crippen molar-refractivity contribution < 1.29 is 28.9 Å². The van der Waals surface area contributed by atoms with Gasteiger partial charge < -0.3 is 24.6 Å². The monoisotopic (exact) mass is 323 g/mol. The van der Waals surface area contributed by atoms with Gasteiger partial charge in [-0.15, -0.1) is 6.58 Å². The number of benzene rings is 1. The number of hydrogen-bond acceptors (Lipinski definition) is 5. The molecule has 0 aliphatic rings. The van der Waals surface area contributed by atoms with Crippen LogP contribution in [0.2, 0.25) is 0 Å². The summed E-state index contributed by atoms with van der Waals surface area (Å²) in [5.41, 5.74) is 0.264. The maximum atomic E-state index is 12.2. The van der Waals surface area contributed by atoms with Crippen LogP contribution in [0.1, 0.15) is 17.3 Å². The van der Waals surface area contributed by atoms with Gasteiger partial charge in [-0.2, -0.15) is 0 Å². The van der Waals surface area contributed by atoms with E-state index < -0.39 is 17.9 Å². The zero-order valence-electron chi connectivity index (χ0n) is 13.2. The summed E-state index contributed by atoms with van der Waals surface area (Å²) >= 11 is 0. The fraction of sp³-hybridized carbons (Fsp3) is 0.375. The van der Waals surface area contributed by atoms with E-state index >= 15 is 0 Å². The van der Waals surface area contributed by atoms with Crippen molar-refractivity contribution in [3.63, 3.8) is 0 Å². The van der Waals surface area contributed by atoms with Gasteiger partial charge in [0.25, 0.3) is 5.91 Å². The molecule has 126 valence electrons. The van der Waals surface area contributed by atoms with Crippen LogP contribution in [0.3, 0.4) is 0 Å². The first-order valence-corrected chi connectivity index (χ1v) is 7.06. The lowest BCUT2D eigenvalue weighted by Gasteiger charge is -2.15. The van der Waals surface area contributed by atoms with E-state index in [4.69, 9.17) is 19.3 Å². The first-order chi connectivity index (χ1) is 11.0. The van der Waals surface area contributed by atoms with Crippen molar-refractivity contribution in [3.8, 4) is 11.5 Å². The van der Waals surface area contributed by atoms with E-state index in [0.29, 0.717) is 18.1 Å². The van der Waals surface area contributed by atoms with E-state index in [9.17, 15) is 9.59 Å². The number of amides is 1. The van der Waals surface area contributed by atoms with Crippen LogP contribution in [0.4, 0.5) is 0 Å². The van der Waals surface area contributed by atoms with Gasteiger partial charge >= 0.3 is 5.97 Å². The highest BCUT2D eigenvalue weighted by Gasteiger charge is 2.21. The molecule has 7 heteroatoms. The summed E-state index contributed by atoms with van der Waals surface area (Å²) in [5.74, 6) is -0.814. The molecule has 0 bridgehead atoms. The van der Waals surface area contributed by atoms with Crippen LogP contribution in [-0.2, 0) is 9.53 Å². The van der Waals surface area contributed by atoms with Crippen molar-refractivity contribution in [2.45, 2.75) is 13.0 Å². The van der Waals surface area contributed by atoms with E-state index in [1.54, 1.807) is 6.07 Å². The Bertz CT molecular complexity index is 558. The Morgan fingerprint density at radius 1 is 1.39 bits per heavy atom. The molecule has 0 aromatic heterocycles. The lowest BCUT2D eigenvalue weighted by Crippen LogP contribution is -2.44. The van der Waals surface area contributed by atoms with Crippen molar-refractivity contribution in [2.75, 3.05) is 26.9 Å². The van der Waals surface area contributed by atoms with Gasteiger partial charge in [0.1, 0.15) is 0 Å². The van der Waals surface area contributed by atoms with Crippen molar-refractivity contribution in [2.24, 2.45) is 0 Å². The van der Waals surface area contributed by atoms with Gasteiger partial charge in [0.05, 0.1) is 26.9 Å². The van der Waals surface area contributed by atoms with Gasteiger partial charge in [0.2, 0.25) is 0 Å². The molecule has 1 rings (SSSR count). The van der Waals surface area contributed by atoms with Crippen LogP contribution >= 0.6 is 0 Å². The quantitative estimate of drug-likeness (QED) is 0.500. The molecule has 1 amide bonds. The summed E-state index contributed by atoms with van der Waals surface area (Å²) in [4.78, 5) is 23.3. The summed E-state index contributed by atoms with van der Waals surface area (Å²) in [6.07, 6.45) is 1.50. The van der Waals surface area contributed by atoms with Crippen molar-refractivity contribution >= 4 is 11.9 Å². The summed E-state index contributed by atoms with van der Waals surface area (Å²) in [7, 11) is 1.46. The molecule has 1 unspecified atom stereocenters. The Labute approximate surface area is 134 Å². The van der Waals surface area contributed by atoms with E-state index in [1.165, 1.54) is 25.3 Å². The molecule has 0 aliphatic heterocycles. The topological polar surface area (TPSA) is 94.1 Å². The minimum Gasteiger partial charge on any atom is -0.493 e. The minimum atomic E-state index is -1.18. The van der Waals surface area contributed by atoms with Crippen LogP contribution in [0.25, 0.3) is 0 Å². The third-order valence-corrected chi connectivity index (χ3v) is 2.85. The molecule has 23 heavy (non-hydrogen) atoms. The smallest absolute Gasteiger partial charge is 0.328 e. The third kappa shape index (κ3) is 5.63. The highest BCUT2D eigenvalue weighted by Crippen LogP contribution is 2.28. The van der Waals surface area contributed by atoms with Gasteiger partial charge in [-0.3, -0.25) is 4.79 Å². The normalized spacial score (nSPS) is 11.4. The second-order valence-electron chi connectivity index (χ2n) is 4.49. The number of methoxy groups -OCH3 is 1. The molecule has 0 aliphatic carbocycles. The molecular formula is C16H21NO6. The second-order valence-corrected chi connectivity index (χ2v) is 4.49. The second kappa shape index (κ2) is 9.47. The molecule has 0 radical (unpaired) electrons. The van der Waals surface area contributed by atoms with Gasteiger partial charge in [-0.1, -0.05) is 6.08 Å². The zero-order chi connectivity index (χ0) is 17.2. The van der Waals surface area contributed by atoms with Crippen LogP contribution in [0.5, 0.6) is 11.5 Å². The number of carboxylic acid groups (broad SMARTS) is 1. The van der Waals surface area contributed by atoms with Crippen LogP contribution < -0.4 is 14.8 Å². The Hall–Kier alpha value is -2.54. The number of hydrogen-bond donors (Lipinski definition) is 2. The Morgan fingerprint density at radius 3 is 2.70 bits per heavy atom. The molecule has 0 fully saturated rings. The van der Waals surface area contributed by atoms with Crippen molar-refractivity contribution in [1.29, 1.82) is 0 Å². The van der Waals surface area contributed by atoms with Gasteiger partial charge in [-0.05, 0) is 25.1 Å². The van der Waals surface area contributed by atoms with E-state index in [0.717, 1.165) is 0 Å². The molecule has 1 aromatic rings. The number of aliphatic carboxylic acids is 1. The van der Waals surface area contributed by atoms with E-state index in [-0.39, 0.29) is 18.8 Å². The fourth-order valence-electron chi connectivity index (χ4n) is 1.77.